The van der Waals surface area contributed by atoms with Crippen molar-refractivity contribution >= 4 is 17.3 Å². The van der Waals surface area contributed by atoms with Gasteiger partial charge in [-0.25, -0.2) is 0 Å². The van der Waals surface area contributed by atoms with E-state index >= 15 is 0 Å². The summed E-state index contributed by atoms with van der Waals surface area (Å²) >= 11 is 0. The lowest BCUT2D eigenvalue weighted by molar-refractivity contribution is -0.114. The molecule has 0 aromatic heterocycles. The number of nitrogens with one attached hydrogen (secondary N) is 2. The van der Waals surface area contributed by atoms with E-state index in [1.54, 1.807) is 0 Å². The molecule has 1 amide bonds. The minimum Gasteiger partial charge on any atom is -0.492 e. The van der Waals surface area contributed by atoms with E-state index in [0.29, 0.717) is 13.2 Å². The zero-order chi connectivity index (χ0) is 18.9. The third kappa shape index (κ3) is 5.89. The third-order valence-electron chi connectivity index (χ3n) is 4.22. The molecule has 0 saturated carbocycles. The molecule has 2 aromatic rings. The molecule has 3 rings (SSSR count). The first kappa shape index (κ1) is 19.0. The standard InChI is InChI=1S/C21H26N2O4/c1-2-25-20-8-4-3-7-19(20)22-14-21(24)23-16-9-11-17(12-10-16)27-15-18-6-5-13-26-18/h3-4,7-12,18,22H,2,5-6,13-15H2,1H3,(H,23,24). The first-order valence-electron chi connectivity index (χ1n) is 9.34. The SMILES string of the molecule is CCOc1ccccc1NCC(=O)Nc1ccc(OCC2CCCO2)cc1. The van der Waals surface area contributed by atoms with Gasteiger partial charge in [0.05, 0.1) is 24.9 Å². The summed E-state index contributed by atoms with van der Waals surface area (Å²) in [5, 5.41) is 5.97. The highest BCUT2D eigenvalue weighted by Gasteiger charge is 2.15. The first-order chi connectivity index (χ1) is 13.2. The molecule has 1 unspecified atom stereocenters. The van der Waals surface area contributed by atoms with Gasteiger partial charge >= 0.3 is 0 Å². The molecule has 0 aliphatic carbocycles. The van der Waals surface area contributed by atoms with Crippen LogP contribution in [0.1, 0.15) is 19.8 Å². The average Bonchev–Trinajstić information content (AvgIpc) is 3.21. The molecule has 2 aromatic carbocycles. The van der Waals surface area contributed by atoms with E-state index in [-0.39, 0.29) is 18.6 Å². The zero-order valence-electron chi connectivity index (χ0n) is 15.6. The van der Waals surface area contributed by atoms with E-state index in [1.165, 1.54) is 0 Å². The molecule has 1 aliphatic rings. The smallest absolute Gasteiger partial charge is 0.243 e. The molecule has 0 bridgehead atoms. The molecular formula is C21H26N2O4. The highest BCUT2D eigenvalue weighted by Crippen LogP contribution is 2.23. The predicted molar refractivity (Wildman–Crippen MR) is 106 cm³/mol. The molecule has 0 radical (unpaired) electrons. The maximum atomic E-state index is 12.2. The normalized spacial score (nSPS) is 16.0. The first-order valence-corrected chi connectivity index (χ1v) is 9.34. The van der Waals surface area contributed by atoms with Crippen molar-refractivity contribution in [2.45, 2.75) is 25.9 Å². The Hall–Kier alpha value is -2.73. The molecule has 6 nitrogen and oxygen atoms in total. The van der Waals surface area contributed by atoms with Crippen molar-refractivity contribution < 1.29 is 19.0 Å². The van der Waals surface area contributed by atoms with E-state index in [1.807, 2.05) is 55.5 Å². The van der Waals surface area contributed by atoms with Gasteiger partial charge in [-0.05, 0) is 56.2 Å². The second-order valence-electron chi connectivity index (χ2n) is 6.30. The Labute approximate surface area is 159 Å². The van der Waals surface area contributed by atoms with Crippen molar-refractivity contribution in [3.05, 3.63) is 48.5 Å². The van der Waals surface area contributed by atoms with Crippen LogP contribution in [-0.4, -0.2) is 38.4 Å². The van der Waals surface area contributed by atoms with Gasteiger partial charge in [0.1, 0.15) is 18.1 Å². The minimum atomic E-state index is -0.130. The summed E-state index contributed by atoms with van der Waals surface area (Å²) in [5.41, 5.74) is 1.52. The topological polar surface area (TPSA) is 68.8 Å². The Kier molecular flexibility index (Phi) is 6.93. The van der Waals surface area contributed by atoms with Gasteiger partial charge in [-0.15, -0.1) is 0 Å². The lowest BCUT2D eigenvalue weighted by Crippen LogP contribution is -2.22. The molecule has 2 N–H and O–H groups in total. The van der Waals surface area contributed by atoms with Gasteiger partial charge in [0.2, 0.25) is 5.91 Å². The van der Waals surface area contributed by atoms with Crippen LogP contribution in [0, 0.1) is 0 Å². The van der Waals surface area contributed by atoms with E-state index in [4.69, 9.17) is 14.2 Å². The van der Waals surface area contributed by atoms with Gasteiger partial charge in [-0.2, -0.15) is 0 Å². The summed E-state index contributed by atoms with van der Waals surface area (Å²) in [6.45, 7) is 4.04. The van der Waals surface area contributed by atoms with Gasteiger partial charge in [-0.3, -0.25) is 4.79 Å². The zero-order valence-corrected chi connectivity index (χ0v) is 15.6. The molecule has 144 valence electrons. The van der Waals surface area contributed by atoms with E-state index in [2.05, 4.69) is 10.6 Å². The molecule has 1 saturated heterocycles. The van der Waals surface area contributed by atoms with Crippen LogP contribution < -0.4 is 20.1 Å². The Morgan fingerprint density at radius 2 is 1.96 bits per heavy atom. The molecule has 1 atom stereocenters. The number of rotatable bonds is 9. The maximum Gasteiger partial charge on any atom is 0.243 e. The molecule has 6 heteroatoms. The molecule has 1 heterocycles. The summed E-state index contributed by atoms with van der Waals surface area (Å²) in [5.74, 6) is 1.38. The van der Waals surface area contributed by atoms with Gasteiger partial charge < -0.3 is 24.8 Å². The average molecular weight is 370 g/mol. The summed E-state index contributed by atoms with van der Waals surface area (Å²) in [4.78, 5) is 12.2. The Morgan fingerprint density at radius 1 is 1.15 bits per heavy atom. The second kappa shape index (κ2) is 9.83. The number of para-hydroxylation sites is 2. The summed E-state index contributed by atoms with van der Waals surface area (Å²) in [6, 6.07) is 14.9. The van der Waals surface area contributed by atoms with Crippen LogP contribution in [0.5, 0.6) is 11.5 Å². The van der Waals surface area contributed by atoms with Crippen molar-refractivity contribution in [1.82, 2.24) is 0 Å². The van der Waals surface area contributed by atoms with Crippen LogP contribution in [0.15, 0.2) is 48.5 Å². The lowest BCUT2D eigenvalue weighted by atomic mass is 10.2. The number of ether oxygens (including phenoxy) is 3. The van der Waals surface area contributed by atoms with Crippen molar-refractivity contribution in [1.29, 1.82) is 0 Å². The lowest BCUT2D eigenvalue weighted by Gasteiger charge is -2.13. The molecule has 27 heavy (non-hydrogen) atoms. The minimum absolute atomic E-state index is 0.130. The van der Waals surface area contributed by atoms with E-state index < -0.39 is 0 Å². The molecule has 1 fully saturated rings. The number of hydrogen-bond donors (Lipinski definition) is 2. The quantitative estimate of drug-likeness (QED) is 0.704. The van der Waals surface area contributed by atoms with Gasteiger partial charge in [0, 0.05) is 12.3 Å². The fourth-order valence-electron chi connectivity index (χ4n) is 2.87. The number of hydrogen-bond acceptors (Lipinski definition) is 5. The van der Waals surface area contributed by atoms with Gasteiger partial charge in [0.15, 0.2) is 0 Å². The monoisotopic (exact) mass is 370 g/mol. The number of carbonyl (C=O) groups is 1. The number of anilines is 2. The summed E-state index contributed by atoms with van der Waals surface area (Å²) in [7, 11) is 0. The van der Waals surface area contributed by atoms with Gasteiger partial charge in [0.25, 0.3) is 0 Å². The number of benzene rings is 2. The van der Waals surface area contributed by atoms with Crippen LogP contribution in [0.4, 0.5) is 11.4 Å². The predicted octanol–water partition coefficient (Wildman–Crippen LogP) is 3.69. The fourth-order valence-corrected chi connectivity index (χ4v) is 2.87. The van der Waals surface area contributed by atoms with Crippen molar-refractivity contribution in [2.24, 2.45) is 0 Å². The van der Waals surface area contributed by atoms with Crippen LogP contribution in [-0.2, 0) is 9.53 Å². The fraction of sp³-hybridized carbons (Fsp3) is 0.381. The molecular weight excluding hydrogens is 344 g/mol. The number of amides is 1. The van der Waals surface area contributed by atoms with Gasteiger partial charge in [-0.1, -0.05) is 12.1 Å². The van der Waals surface area contributed by atoms with E-state index in [0.717, 1.165) is 42.3 Å². The summed E-state index contributed by atoms with van der Waals surface area (Å²) < 4.78 is 16.8. The summed E-state index contributed by atoms with van der Waals surface area (Å²) in [6.07, 6.45) is 2.34. The van der Waals surface area contributed by atoms with Crippen LogP contribution in [0.25, 0.3) is 0 Å². The van der Waals surface area contributed by atoms with Crippen LogP contribution in [0.2, 0.25) is 0 Å². The van der Waals surface area contributed by atoms with Crippen molar-refractivity contribution in [2.75, 3.05) is 37.0 Å². The third-order valence-corrected chi connectivity index (χ3v) is 4.22. The van der Waals surface area contributed by atoms with Crippen LogP contribution >= 0.6 is 0 Å². The van der Waals surface area contributed by atoms with Crippen molar-refractivity contribution in [3.8, 4) is 11.5 Å². The number of carbonyl (C=O) groups excluding carboxylic acids is 1. The molecule has 0 spiro atoms. The highest BCUT2D eigenvalue weighted by atomic mass is 16.5. The highest BCUT2D eigenvalue weighted by molar-refractivity contribution is 5.94. The van der Waals surface area contributed by atoms with E-state index in [9.17, 15) is 4.79 Å². The van der Waals surface area contributed by atoms with Crippen molar-refractivity contribution in [3.63, 3.8) is 0 Å². The molecule has 1 aliphatic heterocycles. The Morgan fingerprint density at radius 3 is 2.70 bits per heavy atom. The Bertz CT molecular complexity index is 727. The second-order valence-corrected chi connectivity index (χ2v) is 6.30. The maximum absolute atomic E-state index is 12.2. The largest absolute Gasteiger partial charge is 0.492 e. The van der Waals surface area contributed by atoms with Crippen LogP contribution in [0.3, 0.4) is 0 Å². The Balaban J connectivity index is 1.45.